The topological polar surface area (TPSA) is 104 Å². The number of aliphatic hydroxyl groups is 1. The Balaban J connectivity index is 1.71. The molecule has 0 bridgehead atoms. The molecular weight excluding hydrogens is 418 g/mol. The molecule has 1 amide bonds. The molecule has 0 saturated heterocycles. The van der Waals surface area contributed by atoms with Gasteiger partial charge in [0.15, 0.2) is 6.04 Å². The summed E-state index contributed by atoms with van der Waals surface area (Å²) in [5.41, 5.74) is 3.12. The third-order valence-corrected chi connectivity index (χ3v) is 5.25. The standard InChI is InChI=1S/C26H23N3O4/c1-17(30)24(26(32)33)27-23(31)14-13-21-16-29(22-9-3-2-4-10-22)28-25(21)20-12-11-18-7-5-6-8-19(18)15-20/h2-17,24,30H,1H3,(H,27,31)(H,32,33)/b14-13+/t17-,24+/m1/s1. The van der Waals surface area contributed by atoms with Gasteiger partial charge < -0.3 is 15.5 Å². The molecule has 33 heavy (non-hydrogen) atoms. The summed E-state index contributed by atoms with van der Waals surface area (Å²) >= 11 is 0. The normalized spacial score (nSPS) is 13.2. The molecule has 0 radical (unpaired) electrons. The smallest absolute Gasteiger partial charge is 0.328 e. The van der Waals surface area contributed by atoms with Crippen molar-refractivity contribution < 1.29 is 19.8 Å². The van der Waals surface area contributed by atoms with Crippen LogP contribution in [-0.2, 0) is 9.59 Å². The van der Waals surface area contributed by atoms with E-state index in [1.165, 1.54) is 13.0 Å². The summed E-state index contributed by atoms with van der Waals surface area (Å²) in [5, 5.41) is 28.0. The largest absolute Gasteiger partial charge is 0.480 e. The van der Waals surface area contributed by atoms with Crippen molar-refractivity contribution in [3.63, 3.8) is 0 Å². The van der Waals surface area contributed by atoms with Gasteiger partial charge in [-0.15, -0.1) is 0 Å². The zero-order valence-corrected chi connectivity index (χ0v) is 17.9. The monoisotopic (exact) mass is 441 g/mol. The first-order valence-electron chi connectivity index (χ1n) is 10.5. The van der Waals surface area contributed by atoms with Crippen LogP contribution >= 0.6 is 0 Å². The van der Waals surface area contributed by atoms with Crippen LogP contribution in [0, 0.1) is 0 Å². The van der Waals surface area contributed by atoms with Crippen molar-refractivity contribution in [2.75, 3.05) is 0 Å². The fourth-order valence-electron chi connectivity index (χ4n) is 3.54. The van der Waals surface area contributed by atoms with Gasteiger partial charge in [0.2, 0.25) is 5.91 Å². The molecule has 0 saturated carbocycles. The molecule has 0 spiro atoms. The van der Waals surface area contributed by atoms with Crippen molar-refractivity contribution in [2.45, 2.75) is 19.1 Å². The first kappa shape index (κ1) is 22.0. The van der Waals surface area contributed by atoms with E-state index in [0.717, 1.165) is 22.0 Å². The highest BCUT2D eigenvalue weighted by Gasteiger charge is 2.24. The maximum absolute atomic E-state index is 12.3. The number of carbonyl (C=O) groups excluding carboxylic acids is 1. The molecule has 1 heterocycles. The highest BCUT2D eigenvalue weighted by molar-refractivity contribution is 5.95. The third kappa shape index (κ3) is 4.99. The van der Waals surface area contributed by atoms with Gasteiger partial charge >= 0.3 is 5.97 Å². The first-order chi connectivity index (χ1) is 15.9. The number of aliphatic hydroxyl groups excluding tert-OH is 1. The van der Waals surface area contributed by atoms with Crippen LogP contribution in [0.4, 0.5) is 0 Å². The van der Waals surface area contributed by atoms with Gasteiger partial charge in [-0.1, -0.05) is 54.6 Å². The molecule has 0 aliphatic carbocycles. The molecule has 7 nitrogen and oxygen atoms in total. The molecule has 0 unspecified atom stereocenters. The van der Waals surface area contributed by atoms with Crippen LogP contribution in [0.5, 0.6) is 0 Å². The van der Waals surface area contributed by atoms with Gasteiger partial charge in [0, 0.05) is 23.4 Å². The number of fused-ring (bicyclic) bond motifs is 1. The molecule has 7 heteroatoms. The number of nitrogens with one attached hydrogen (secondary N) is 1. The Morgan fingerprint density at radius 2 is 1.70 bits per heavy atom. The number of amides is 1. The number of benzene rings is 3. The van der Waals surface area contributed by atoms with E-state index in [2.05, 4.69) is 5.32 Å². The lowest BCUT2D eigenvalue weighted by molar-refractivity contribution is -0.144. The van der Waals surface area contributed by atoms with Crippen LogP contribution in [0.2, 0.25) is 0 Å². The Morgan fingerprint density at radius 3 is 2.39 bits per heavy atom. The van der Waals surface area contributed by atoms with Gasteiger partial charge in [-0.2, -0.15) is 5.10 Å². The van der Waals surface area contributed by atoms with E-state index < -0.39 is 24.0 Å². The number of aromatic nitrogens is 2. The molecule has 3 aromatic carbocycles. The summed E-state index contributed by atoms with van der Waals surface area (Å²) in [4.78, 5) is 23.6. The number of para-hydroxylation sites is 1. The van der Waals surface area contributed by atoms with Crippen molar-refractivity contribution in [3.8, 4) is 16.9 Å². The maximum atomic E-state index is 12.3. The molecule has 166 valence electrons. The Kier molecular flexibility index (Phi) is 6.33. The summed E-state index contributed by atoms with van der Waals surface area (Å²) in [5.74, 6) is -1.93. The van der Waals surface area contributed by atoms with Crippen LogP contribution in [0.15, 0.2) is 85.1 Å². The number of carboxylic acids is 1. The molecule has 1 aromatic heterocycles. The van der Waals surface area contributed by atoms with Crippen LogP contribution in [0.1, 0.15) is 12.5 Å². The average Bonchev–Trinajstić information content (AvgIpc) is 3.25. The molecular formula is C26H23N3O4. The van der Waals surface area contributed by atoms with E-state index in [1.54, 1.807) is 10.8 Å². The second-order valence-corrected chi connectivity index (χ2v) is 7.67. The van der Waals surface area contributed by atoms with Crippen LogP contribution in [0.25, 0.3) is 33.8 Å². The van der Waals surface area contributed by atoms with Gasteiger partial charge in [-0.25, -0.2) is 9.48 Å². The number of carbonyl (C=O) groups is 2. The van der Waals surface area contributed by atoms with Crippen LogP contribution in [0.3, 0.4) is 0 Å². The van der Waals surface area contributed by atoms with Crippen molar-refractivity contribution in [1.82, 2.24) is 15.1 Å². The summed E-state index contributed by atoms with van der Waals surface area (Å²) in [6.07, 6.45) is 3.42. The van der Waals surface area contributed by atoms with Gasteiger partial charge in [0.1, 0.15) is 0 Å². The second-order valence-electron chi connectivity index (χ2n) is 7.67. The Bertz CT molecular complexity index is 1330. The SMILES string of the molecule is C[C@@H](O)[C@H](NC(=O)/C=C/c1cn(-c2ccccc2)nc1-c1ccc2ccccc2c1)C(=O)O. The van der Waals surface area contributed by atoms with Crippen molar-refractivity contribution in [3.05, 3.63) is 90.6 Å². The minimum atomic E-state index is -1.39. The predicted octanol–water partition coefficient (Wildman–Crippen LogP) is 3.66. The number of hydrogen-bond acceptors (Lipinski definition) is 4. The van der Waals surface area contributed by atoms with Crippen molar-refractivity contribution >= 4 is 28.7 Å². The fourth-order valence-corrected chi connectivity index (χ4v) is 3.54. The van der Waals surface area contributed by atoms with Crippen molar-refractivity contribution in [1.29, 1.82) is 0 Å². The zero-order valence-electron chi connectivity index (χ0n) is 17.9. The van der Waals surface area contributed by atoms with Gasteiger partial charge in [0.25, 0.3) is 0 Å². The number of carboxylic acid groups (broad SMARTS) is 1. The molecule has 2 atom stereocenters. The summed E-state index contributed by atoms with van der Waals surface area (Å²) in [7, 11) is 0. The van der Waals surface area contributed by atoms with Gasteiger partial charge in [-0.05, 0) is 42.0 Å². The van der Waals surface area contributed by atoms with Crippen LogP contribution < -0.4 is 5.32 Å². The minimum Gasteiger partial charge on any atom is -0.480 e. The Morgan fingerprint density at radius 1 is 1.00 bits per heavy atom. The van der Waals surface area contributed by atoms with E-state index in [1.807, 2.05) is 79.0 Å². The number of nitrogens with zero attached hydrogens (tertiary/aromatic N) is 2. The van der Waals surface area contributed by atoms with Gasteiger partial charge in [-0.3, -0.25) is 4.79 Å². The van der Waals surface area contributed by atoms with Gasteiger partial charge in [0.05, 0.1) is 17.5 Å². The van der Waals surface area contributed by atoms with Crippen LogP contribution in [-0.4, -0.2) is 44.0 Å². The first-order valence-corrected chi connectivity index (χ1v) is 10.5. The molecule has 4 rings (SSSR count). The fraction of sp³-hybridized carbons (Fsp3) is 0.115. The minimum absolute atomic E-state index is 0.625. The summed E-state index contributed by atoms with van der Waals surface area (Å²) in [6, 6.07) is 22.3. The number of aliphatic carboxylic acids is 1. The van der Waals surface area contributed by atoms with E-state index >= 15 is 0 Å². The van der Waals surface area contributed by atoms with E-state index in [0.29, 0.717) is 11.3 Å². The average molecular weight is 441 g/mol. The summed E-state index contributed by atoms with van der Waals surface area (Å²) < 4.78 is 1.73. The third-order valence-electron chi connectivity index (χ3n) is 5.25. The molecule has 0 aliphatic heterocycles. The second kappa shape index (κ2) is 9.50. The zero-order chi connectivity index (χ0) is 23.4. The highest BCUT2D eigenvalue weighted by atomic mass is 16.4. The Hall–Kier alpha value is -4.23. The van der Waals surface area contributed by atoms with E-state index in [-0.39, 0.29) is 0 Å². The molecule has 0 aliphatic rings. The molecule has 0 fully saturated rings. The quantitative estimate of drug-likeness (QED) is 0.380. The van der Waals surface area contributed by atoms with E-state index in [9.17, 15) is 19.8 Å². The van der Waals surface area contributed by atoms with E-state index in [4.69, 9.17) is 5.10 Å². The van der Waals surface area contributed by atoms with Crippen molar-refractivity contribution in [2.24, 2.45) is 0 Å². The lowest BCUT2D eigenvalue weighted by Gasteiger charge is -2.15. The number of rotatable bonds is 7. The lowest BCUT2D eigenvalue weighted by Crippen LogP contribution is -2.47. The lowest BCUT2D eigenvalue weighted by atomic mass is 10.0. The molecule has 4 aromatic rings. The Labute approximate surface area is 190 Å². The highest BCUT2D eigenvalue weighted by Crippen LogP contribution is 2.28. The number of hydrogen-bond donors (Lipinski definition) is 3. The molecule has 3 N–H and O–H groups in total. The summed E-state index contributed by atoms with van der Waals surface area (Å²) in [6.45, 7) is 1.31. The maximum Gasteiger partial charge on any atom is 0.328 e. The predicted molar refractivity (Wildman–Crippen MR) is 127 cm³/mol.